The molecule has 0 saturated carbocycles. The first-order valence-corrected chi connectivity index (χ1v) is 5.27. The summed E-state index contributed by atoms with van der Waals surface area (Å²) < 4.78 is 0. The third-order valence-electron chi connectivity index (χ3n) is 3.10. The predicted octanol–water partition coefficient (Wildman–Crippen LogP) is 0.464. The molecule has 0 spiro atoms. The van der Waals surface area contributed by atoms with Crippen LogP contribution in [0.2, 0.25) is 0 Å². The highest BCUT2D eigenvalue weighted by molar-refractivity contribution is 5.80. The Balaban J connectivity index is 1.87. The number of piperidine rings is 1. The van der Waals surface area contributed by atoms with Crippen LogP contribution in [0, 0.1) is 11.8 Å². The van der Waals surface area contributed by atoms with Gasteiger partial charge in [0.1, 0.15) is 0 Å². The summed E-state index contributed by atoms with van der Waals surface area (Å²) in [6.45, 7) is 5.99. The monoisotopic (exact) mass is 182 g/mol. The number of nitrogens with one attached hydrogen (secondary N) is 1. The number of rotatable bonds is 1. The van der Waals surface area contributed by atoms with Crippen LogP contribution in [-0.4, -0.2) is 37.0 Å². The van der Waals surface area contributed by atoms with Gasteiger partial charge >= 0.3 is 0 Å². The fourth-order valence-corrected chi connectivity index (χ4v) is 2.11. The second-order valence-electron chi connectivity index (χ2n) is 4.39. The molecule has 3 heteroatoms. The van der Waals surface area contributed by atoms with Gasteiger partial charge in [0.15, 0.2) is 0 Å². The van der Waals surface area contributed by atoms with Crippen LogP contribution in [0.4, 0.5) is 0 Å². The number of carbonyl (C=O) groups is 1. The van der Waals surface area contributed by atoms with E-state index in [2.05, 4.69) is 17.1 Å². The summed E-state index contributed by atoms with van der Waals surface area (Å²) >= 11 is 0. The van der Waals surface area contributed by atoms with Crippen LogP contribution in [0.1, 0.15) is 19.8 Å². The molecule has 0 aromatic rings. The molecule has 2 aliphatic rings. The molecule has 3 nitrogen and oxygen atoms in total. The van der Waals surface area contributed by atoms with Crippen molar-refractivity contribution in [1.82, 2.24) is 10.2 Å². The molecule has 1 N–H and O–H groups in total. The van der Waals surface area contributed by atoms with Gasteiger partial charge in [0.05, 0.1) is 5.92 Å². The lowest BCUT2D eigenvalue weighted by molar-refractivity contribution is -0.138. The van der Waals surface area contributed by atoms with Crippen LogP contribution in [0.5, 0.6) is 0 Å². The van der Waals surface area contributed by atoms with Gasteiger partial charge in [0.25, 0.3) is 0 Å². The molecule has 2 saturated heterocycles. The van der Waals surface area contributed by atoms with Crippen molar-refractivity contribution in [2.45, 2.75) is 19.8 Å². The summed E-state index contributed by atoms with van der Waals surface area (Å²) in [4.78, 5) is 13.9. The van der Waals surface area contributed by atoms with Crippen molar-refractivity contribution >= 4 is 5.91 Å². The molecule has 0 aliphatic carbocycles. The summed E-state index contributed by atoms with van der Waals surface area (Å²) in [6, 6.07) is 0. The highest BCUT2D eigenvalue weighted by Crippen LogP contribution is 2.18. The Kier molecular flexibility index (Phi) is 2.54. The van der Waals surface area contributed by atoms with Gasteiger partial charge in [0.2, 0.25) is 5.91 Å². The average molecular weight is 182 g/mol. The molecule has 2 fully saturated rings. The first-order valence-electron chi connectivity index (χ1n) is 5.27. The maximum atomic E-state index is 11.8. The van der Waals surface area contributed by atoms with E-state index in [9.17, 15) is 4.79 Å². The Morgan fingerprint density at radius 1 is 1.46 bits per heavy atom. The Hall–Kier alpha value is -0.570. The average Bonchev–Trinajstić information content (AvgIpc) is 2.01. The minimum absolute atomic E-state index is 0.283. The van der Waals surface area contributed by atoms with Crippen LogP contribution in [0.15, 0.2) is 0 Å². The number of amides is 1. The van der Waals surface area contributed by atoms with E-state index in [-0.39, 0.29) is 5.92 Å². The molecule has 0 aromatic carbocycles. The van der Waals surface area contributed by atoms with E-state index < -0.39 is 0 Å². The molecule has 74 valence electrons. The van der Waals surface area contributed by atoms with Crippen molar-refractivity contribution in [3.05, 3.63) is 0 Å². The lowest BCUT2D eigenvalue weighted by atomic mass is 9.96. The summed E-state index contributed by atoms with van der Waals surface area (Å²) in [5.74, 6) is 1.36. The van der Waals surface area contributed by atoms with Gasteiger partial charge in [-0.1, -0.05) is 6.92 Å². The van der Waals surface area contributed by atoms with E-state index in [1.54, 1.807) is 0 Å². The van der Waals surface area contributed by atoms with Gasteiger partial charge in [-0.25, -0.2) is 0 Å². The van der Waals surface area contributed by atoms with Crippen molar-refractivity contribution < 1.29 is 4.79 Å². The van der Waals surface area contributed by atoms with Crippen molar-refractivity contribution in [2.75, 3.05) is 26.2 Å². The summed E-state index contributed by atoms with van der Waals surface area (Å²) in [5, 5.41) is 3.14. The van der Waals surface area contributed by atoms with Crippen molar-refractivity contribution in [1.29, 1.82) is 0 Å². The highest BCUT2D eigenvalue weighted by Gasteiger charge is 2.30. The quantitative estimate of drug-likeness (QED) is 0.639. The molecule has 2 heterocycles. The topological polar surface area (TPSA) is 32.3 Å². The first kappa shape index (κ1) is 9.00. The third-order valence-corrected chi connectivity index (χ3v) is 3.10. The molecular formula is C10H18N2O. The second kappa shape index (κ2) is 3.66. The van der Waals surface area contributed by atoms with Gasteiger partial charge in [-0.05, 0) is 18.8 Å². The smallest absolute Gasteiger partial charge is 0.228 e. The highest BCUT2D eigenvalue weighted by atomic mass is 16.2. The molecule has 1 amide bonds. The van der Waals surface area contributed by atoms with Crippen LogP contribution in [0.3, 0.4) is 0 Å². The van der Waals surface area contributed by atoms with E-state index in [1.807, 2.05) is 0 Å². The number of carbonyl (C=O) groups excluding carboxylic acids is 1. The van der Waals surface area contributed by atoms with Crippen LogP contribution >= 0.6 is 0 Å². The predicted molar refractivity (Wildman–Crippen MR) is 51.3 cm³/mol. The summed E-state index contributed by atoms with van der Waals surface area (Å²) in [5.41, 5.74) is 0. The van der Waals surface area contributed by atoms with Gasteiger partial charge in [-0.3, -0.25) is 4.79 Å². The van der Waals surface area contributed by atoms with Gasteiger partial charge in [-0.2, -0.15) is 0 Å². The summed E-state index contributed by atoms with van der Waals surface area (Å²) in [7, 11) is 0. The maximum absolute atomic E-state index is 11.8. The zero-order valence-electron chi connectivity index (χ0n) is 8.25. The van der Waals surface area contributed by atoms with Crippen LogP contribution in [-0.2, 0) is 4.79 Å². The molecule has 0 radical (unpaired) electrons. The second-order valence-corrected chi connectivity index (χ2v) is 4.39. The standard InChI is InChI=1S/C10H18N2O/c1-8-3-2-4-12(7-8)10(13)9-5-11-6-9/h8-9,11H,2-7H2,1H3/t8-/m1/s1. The normalized spacial score (nSPS) is 29.9. The van der Waals surface area contributed by atoms with E-state index in [1.165, 1.54) is 12.8 Å². The minimum atomic E-state index is 0.283. The van der Waals surface area contributed by atoms with Gasteiger partial charge in [0, 0.05) is 26.2 Å². The number of likely N-dealkylation sites (tertiary alicyclic amines) is 1. The van der Waals surface area contributed by atoms with Gasteiger partial charge < -0.3 is 10.2 Å². The Morgan fingerprint density at radius 2 is 2.23 bits per heavy atom. The Morgan fingerprint density at radius 3 is 2.77 bits per heavy atom. The van der Waals surface area contributed by atoms with E-state index >= 15 is 0 Å². The molecule has 0 aromatic heterocycles. The zero-order chi connectivity index (χ0) is 9.26. The SMILES string of the molecule is C[C@@H]1CCCN(C(=O)C2CNC2)C1. The number of hydrogen-bond acceptors (Lipinski definition) is 2. The van der Waals surface area contributed by atoms with E-state index in [4.69, 9.17) is 0 Å². The zero-order valence-corrected chi connectivity index (χ0v) is 8.25. The van der Waals surface area contributed by atoms with Crippen LogP contribution < -0.4 is 5.32 Å². The number of hydrogen-bond donors (Lipinski definition) is 1. The Labute approximate surface area is 79.5 Å². The van der Waals surface area contributed by atoms with Gasteiger partial charge in [-0.15, -0.1) is 0 Å². The third kappa shape index (κ3) is 1.85. The Bertz CT molecular complexity index is 201. The van der Waals surface area contributed by atoms with Crippen molar-refractivity contribution in [2.24, 2.45) is 11.8 Å². The van der Waals surface area contributed by atoms with Crippen LogP contribution in [0.25, 0.3) is 0 Å². The van der Waals surface area contributed by atoms with E-state index in [0.29, 0.717) is 11.8 Å². The first-order chi connectivity index (χ1) is 6.27. The lowest BCUT2D eigenvalue weighted by Gasteiger charge is -2.36. The molecule has 1 atom stereocenters. The van der Waals surface area contributed by atoms with Crippen molar-refractivity contribution in [3.8, 4) is 0 Å². The minimum Gasteiger partial charge on any atom is -0.342 e. The lowest BCUT2D eigenvalue weighted by Crippen LogP contribution is -2.53. The summed E-state index contributed by atoms with van der Waals surface area (Å²) in [6.07, 6.45) is 2.47. The molecule has 0 unspecified atom stereocenters. The number of nitrogens with zero attached hydrogens (tertiary/aromatic N) is 1. The molecule has 13 heavy (non-hydrogen) atoms. The fourth-order valence-electron chi connectivity index (χ4n) is 2.11. The molecule has 2 rings (SSSR count). The largest absolute Gasteiger partial charge is 0.342 e. The van der Waals surface area contributed by atoms with E-state index in [0.717, 1.165) is 26.2 Å². The molecule has 0 bridgehead atoms. The maximum Gasteiger partial charge on any atom is 0.228 e. The molecular weight excluding hydrogens is 164 g/mol. The molecule has 2 aliphatic heterocycles. The fraction of sp³-hybridized carbons (Fsp3) is 0.900. The van der Waals surface area contributed by atoms with Crippen molar-refractivity contribution in [3.63, 3.8) is 0 Å².